The molecule has 2 aromatic heterocycles. The quantitative estimate of drug-likeness (QED) is 0.560. The Labute approximate surface area is 169 Å². The summed E-state index contributed by atoms with van der Waals surface area (Å²) >= 11 is 0. The first-order valence-electron chi connectivity index (χ1n) is 9.82. The summed E-state index contributed by atoms with van der Waals surface area (Å²) in [6, 6.07) is 16.5. The highest BCUT2D eigenvalue weighted by molar-refractivity contribution is 5.92. The SMILES string of the molecule is CN1CCN(c2ccc(Nc3ncc4cccc(-c5ccn[nH]5)c4n3)cc2)CC1. The average molecular weight is 385 g/mol. The summed E-state index contributed by atoms with van der Waals surface area (Å²) in [6.45, 7) is 4.33. The van der Waals surface area contributed by atoms with Gasteiger partial charge in [0.25, 0.3) is 0 Å². The number of likely N-dealkylation sites (N-methyl/N-ethyl adjacent to an activating group) is 1. The molecule has 4 aromatic rings. The van der Waals surface area contributed by atoms with Crippen LogP contribution in [0.25, 0.3) is 22.2 Å². The molecule has 0 atom stereocenters. The van der Waals surface area contributed by atoms with Crippen molar-refractivity contribution in [3.63, 3.8) is 0 Å². The third-order valence-electron chi connectivity index (χ3n) is 5.39. The largest absolute Gasteiger partial charge is 0.369 e. The van der Waals surface area contributed by atoms with Crippen LogP contribution in [0.2, 0.25) is 0 Å². The van der Waals surface area contributed by atoms with E-state index >= 15 is 0 Å². The second-order valence-electron chi connectivity index (χ2n) is 7.37. The highest BCUT2D eigenvalue weighted by atomic mass is 15.2. The van der Waals surface area contributed by atoms with E-state index < -0.39 is 0 Å². The van der Waals surface area contributed by atoms with Crippen molar-refractivity contribution in [3.05, 3.63) is 60.9 Å². The molecule has 0 amide bonds. The van der Waals surface area contributed by atoms with Crippen LogP contribution in [-0.4, -0.2) is 58.3 Å². The van der Waals surface area contributed by atoms with Crippen molar-refractivity contribution in [1.29, 1.82) is 0 Å². The maximum Gasteiger partial charge on any atom is 0.227 e. The Bertz CT molecular complexity index is 1100. The van der Waals surface area contributed by atoms with Gasteiger partial charge in [-0.25, -0.2) is 9.97 Å². The molecule has 0 unspecified atom stereocenters. The Balaban J connectivity index is 1.38. The molecule has 2 N–H and O–H groups in total. The van der Waals surface area contributed by atoms with E-state index in [1.165, 1.54) is 5.69 Å². The number of anilines is 3. The highest BCUT2D eigenvalue weighted by Crippen LogP contribution is 2.27. The molecule has 1 aliphatic heterocycles. The fourth-order valence-corrected chi connectivity index (χ4v) is 3.69. The number of aromatic amines is 1. The Morgan fingerprint density at radius 2 is 1.79 bits per heavy atom. The number of hydrogen-bond acceptors (Lipinski definition) is 6. The lowest BCUT2D eigenvalue weighted by molar-refractivity contribution is 0.313. The summed E-state index contributed by atoms with van der Waals surface area (Å²) in [5, 5.41) is 11.4. The summed E-state index contributed by atoms with van der Waals surface area (Å²) in [6.07, 6.45) is 3.60. The van der Waals surface area contributed by atoms with Crippen molar-refractivity contribution in [2.45, 2.75) is 0 Å². The van der Waals surface area contributed by atoms with Crippen LogP contribution < -0.4 is 10.2 Å². The molecular weight excluding hydrogens is 362 g/mol. The van der Waals surface area contributed by atoms with E-state index in [4.69, 9.17) is 4.98 Å². The number of H-pyrrole nitrogens is 1. The van der Waals surface area contributed by atoms with Crippen LogP contribution in [0.5, 0.6) is 0 Å². The first kappa shape index (κ1) is 17.6. The Morgan fingerprint density at radius 1 is 0.966 bits per heavy atom. The summed E-state index contributed by atoms with van der Waals surface area (Å²) in [4.78, 5) is 14.0. The van der Waals surface area contributed by atoms with E-state index in [1.807, 2.05) is 30.5 Å². The van der Waals surface area contributed by atoms with Crippen LogP contribution in [0, 0.1) is 0 Å². The van der Waals surface area contributed by atoms with Gasteiger partial charge in [-0.1, -0.05) is 18.2 Å². The fourth-order valence-electron chi connectivity index (χ4n) is 3.69. The third kappa shape index (κ3) is 3.64. The van der Waals surface area contributed by atoms with Gasteiger partial charge in [0.1, 0.15) is 0 Å². The van der Waals surface area contributed by atoms with Gasteiger partial charge >= 0.3 is 0 Å². The van der Waals surface area contributed by atoms with Crippen molar-refractivity contribution >= 4 is 28.2 Å². The van der Waals surface area contributed by atoms with Gasteiger partial charge in [-0.05, 0) is 37.4 Å². The average Bonchev–Trinajstić information content (AvgIpc) is 3.29. The van der Waals surface area contributed by atoms with E-state index in [2.05, 4.69) is 61.6 Å². The van der Waals surface area contributed by atoms with E-state index in [0.717, 1.165) is 54.0 Å². The van der Waals surface area contributed by atoms with Crippen LogP contribution in [0.3, 0.4) is 0 Å². The van der Waals surface area contributed by atoms with Crippen molar-refractivity contribution in [1.82, 2.24) is 25.1 Å². The van der Waals surface area contributed by atoms with Crippen molar-refractivity contribution in [3.8, 4) is 11.3 Å². The molecule has 1 saturated heterocycles. The Morgan fingerprint density at radius 3 is 2.55 bits per heavy atom. The summed E-state index contributed by atoms with van der Waals surface area (Å²) in [7, 11) is 2.17. The number of fused-ring (bicyclic) bond motifs is 1. The van der Waals surface area contributed by atoms with E-state index in [0.29, 0.717) is 5.95 Å². The molecule has 1 fully saturated rings. The fraction of sp³-hybridized carbons (Fsp3) is 0.227. The maximum absolute atomic E-state index is 4.76. The molecule has 0 aliphatic carbocycles. The topological polar surface area (TPSA) is 73.0 Å². The van der Waals surface area contributed by atoms with E-state index in [-0.39, 0.29) is 0 Å². The van der Waals surface area contributed by atoms with Crippen LogP contribution >= 0.6 is 0 Å². The molecule has 2 aromatic carbocycles. The smallest absolute Gasteiger partial charge is 0.227 e. The lowest BCUT2D eigenvalue weighted by atomic mass is 10.1. The molecule has 0 radical (unpaired) electrons. The molecule has 7 nitrogen and oxygen atoms in total. The zero-order valence-electron chi connectivity index (χ0n) is 16.3. The molecular formula is C22H23N7. The Kier molecular flexibility index (Phi) is 4.57. The Hall–Kier alpha value is -3.45. The van der Waals surface area contributed by atoms with E-state index in [9.17, 15) is 0 Å². The molecule has 0 bridgehead atoms. The van der Waals surface area contributed by atoms with Gasteiger partial charge in [0.05, 0.1) is 11.2 Å². The molecule has 146 valence electrons. The number of aromatic nitrogens is 4. The van der Waals surface area contributed by atoms with Crippen LogP contribution in [0.1, 0.15) is 0 Å². The zero-order chi connectivity index (χ0) is 19.6. The van der Waals surface area contributed by atoms with Gasteiger partial charge in [-0.2, -0.15) is 5.10 Å². The number of para-hydroxylation sites is 1. The predicted molar refractivity (Wildman–Crippen MR) is 117 cm³/mol. The molecule has 1 aliphatic rings. The lowest BCUT2D eigenvalue weighted by Crippen LogP contribution is -2.44. The minimum absolute atomic E-state index is 0.580. The van der Waals surface area contributed by atoms with Gasteiger partial charge in [-0.3, -0.25) is 5.10 Å². The highest BCUT2D eigenvalue weighted by Gasteiger charge is 2.14. The molecule has 5 rings (SSSR count). The number of rotatable bonds is 4. The van der Waals surface area contributed by atoms with Gasteiger partial charge in [-0.15, -0.1) is 0 Å². The minimum atomic E-state index is 0.580. The van der Waals surface area contributed by atoms with Gasteiger partial charge < -0.3 is 15.1 Å². The number of nitrogens with one attached hydrogen (secondary N) is 2. The lowest BCUT2D eigenvalue weighted by Gasteiger charge is -2.34. The maximum atomic E-state index is 4.76. The second kappa shape index (κ2) is 7.52. The summed E-state index contributed by atoms with van der Waals surface area (Å²) in [5.41, 5.74) is 5.07. The number of nitrogens with zero attached hydrogens (tertiary/aromatic N) is 5. The number of benzene rings is 2. The molecule has 7 heteroatoms. The normalized spacial score (nSPS) is 15.0. The first-order chi connectivity index (χ1) is 14.3. The monoisotopic (exact) mass is 385 g/mol. The van der Waals surface area contributed by atoms with Gasteiger partial charge in [0.15, 0.2) is 0 Å². The second-order valence-corrected chi connectivity index (χ2v) is 7.37. The van der Waals surface area contributed by atoms with Crippen molar-refractivity contribution in [2.24, 2.45) is 0 Å². The van der Waals surface area contributed by atoms with Crippen LogP contribution in [0.4, 0.5) is 17.3 Å². The van der Waals surface area contributed by atoms with Crippen molar-refractivity contribution < 1.29 is 0 Å². The van der Waals surface area contributed by atoms with Crippen LogP contribution in [0.15, 0.2) is 60.9 Å². The first-order valence-corrected chi connectivity index (χ1v) is 9.82. The molecule has 0 saturated carbocycles. The van der Waals surface area contributed by atoms with Crippen LogP contribution in [-0.2, 0) is 0 Å². The molecule has 29 heavy (non-hydrogen) atoms. The molecule has 0 spiro atoms. The van der Waals surface area contributed by atoms with Gasteiger partial charge in [0.2, 0.25) is 5.95 Å². The third-order valence-corrected chi connectivity index (χ3v) is 5.39. The standard InChI is InChI=1S/C22H23N7/c1-28-11-13-29(14-12-28)18-7-5-17(6-8-18)25-22-23-15-16-3-2-4-19(21(16)26-22)20-9-10-24-27-20/h2-10,15H,11-14H2,1H3,(H,24,27)(H,23,25,26). The zero-order valence-corrected chi connectivity index (χ0v) is 16.3. The summed E-state index contributed by atoms with van der Waals surface area (Å²) in [5.74, 6) is 0.580. The van der Waals surface area contributed by atoms with Gasteiger partial charge in [0, 0.05) is 60.9 Å². The number of piperazine rings is 1. The number of hydrogen-bond donors (Lipinski definition) is 2. The minimum Gasteiger partial charge on any atom is -0.369 e. The summed E-state index contributed by atoms with van der Waals surface area (Å²) < 4.78 is 0. The van der Waals surface area contributed by atoms with E-state index in [1.54, 1.807) is 6.20 Å². The van der Waals surface area contributed by atoms with Crippen molar-refractivity contribution in [2.75, 3.05) is 43.4 Å². The predicted octanol–water partition coefficient (Wildman–Crippen LogP) is 3.52. The molecule has 3 heterocycles.